The highest BCUT2D eigenvalue weighted by Crippen LogP contribution is 2.34. The minimum atomic E-state index is -4.02. The summed E-state index contributed by atoms with van der Waals surface area (Å²) in [5.41, 5.74) is 0. The second-order valence-corrected chi connectivity index (χ2v) is 3.53. The van der Waals surface area contributed by atoms with Crippen molar-refractivity contribution in [2.45, 2.75) is 11.4 Å². The van der Waals surface area contributed by atoms with E-state index in [9.17, 15) is 13.2 Å². The summed E-state index contributed by atoms with van der Waals surface area (Å²) >= 11 is 0.958. The van der Waals surface area contributed by atoms with E-state index in [0.29, 0.717) is 5.88 Å². The maximum Gasteiger partial charge on any atom is 0.401 e. The molecule has 1 nitrogen and oxygen atoms in total. The van der Waals surface area contributed by atoms with E-state index in [2.05, 4.69) is 0 Å². The predicted octanol–water partition coefficient (Wildman–Crippen LogP) is 1.55. The van der Waals surface area contributed by atoms with Crippen molar-refractivity contribution >= 4 is 11.8 Å². The smallest absolute Gasteiger partial charge is 0.296 e. The fraction of sp³-hybridized carbons (Fsp3) is 1.00. The summed E-state index contributed by atoms with van der Waals surface area (Å²) in [6.07, 6.45) is -4.02. The second-order valence-electron chi connectivity index (χ2n) is 2.36. The van der Waals surface area contributed by atoms with Crippen LogP contribution in [0.2, 0.25) is 0 Å². The Bertz CT molecular complexity index is 125. The van der Waals surface area contributed by atoms with Crippen LogP contribution >= 0.6 is 11.8 Å². The molecule has 0 bridgehead atoms. The Kier molecular flexibility index (Phi) is 2.15. The van der Waals surface area contributed by atoms with Gasteiger partial charge in [-0.25, -0.2) is 0 Å². The standard InChI is InChI=1S/C5H8F3NS/c1-9-2-4(10-3-9)5(6,7)8/h4H,2-3H2,1H3. The van der Waals surface area contributed by atoms with E-state index in [1.807, 2.05) is 0 Å². The first-order valence-electron chi connectivity index (χ1n) is 2.87. The Labute approximate surface area is 61.6 Å². The zero-order chi connectivity index (χ0) is 7.78. The Morgan fingerprint density at radius 1 is 1.50 bits per heavy atom. The van der Waals surface area contributed by atoms with Crippen LogP contribution in [0.3, 0.4) is 0 Å². The average molecular weight is 171 g/mol. The lowest BCUT2D eigenvalue weighted by atomic mass is 10.4. The minimum Gasteiger partial charge on any atom is -0.296 e. The number of halogens is 3. The fourth-order valence-corrected chi connectivity index (χ4v) is 1.89. The SMILES string of the molecule is CN1CSC(C(F)(F)F)C1. The molecule has 0 N–H and O–H groups in total. The van der Waals surface area contributed by atoms with E-state index in [4.69, 9.17) is 0 Å². The van der Waals surface area contributed by atoms with Gasteiger partial charge in [0, 0.05) is 12.4 Å². The number of nitrogens with zero attached hydrogens (tertiary/aromatic N) is 1. The van der Waals surface area contributed by atoms with Gasteiger partial charge in [0.2, 0.25) is 0 Å². The summed E-state index contributed by atoms with van der Waals surface area (Å²) in [5, 5.41) is -1.17. The molecular formula is C5H8F3NS. The molecule has 60 valence electrons. The topological polar surface area (TPSA) is 3.24 Å². The van der Waals surface area contributed by atoms with Crippen molar-refractivity contribution < 1.29 is 13.2 Å². The molecule has 0 saturated carbocycles. The van der Waals surface area contributed by atoms with Gasteiger partial charge in [-0.05, 0) is 7.05 Å². The van der Waals surface area contributed by atoms with Crippen LogP contribution in [-0.2, 0) is 0 Å². The zero-order valence-corrected chi connectivity index (χ0v) is 6.30. The molecule has 1 unspecified atom stereocenters. The number of hydrogen-bond acceptors (Lipinski definition) is 2. The van der Waals surface area contributed by atoms with Crippen LogP contribution in [0.1, 0.15) is 0 Å². The first kappa shape index (κ1) is 8.20. The highest BCUT2D eigenvalue weighted by molar-refractivity contribution is 8.00. The third-order valence-corrected chi connectivity index (χ3v) is 2.75. The van der Waals surface area contributed by atoms with Gasteiger partial charge in [0.25, 0.3) is 0 Å². The molecule has 1 atom stereocenters. The molecule has 0 aromatic carbocycles. The molecule has 0 aromatic rings. The first-order valence-corrected chi connectivity index (χ1v) is 3.92. The molecule has 5 heteroatoms. The zero-order valence-electron chi connectivity index (χ0n) is 5.48. The molecule has 0 aliphatic carbocycles. The van der Waals surface area contributed by atoms with Gasteiger partial charge in [-0.3, -0.25) is 4.90 Å². The summed E-state index contributed by atoms with van der Waals surface area (Å²) in [5.74, 6) is 0.490. The van der Waals surface area contributed by atoms with Crippen molar-refractivity contribution in [2.75, 3.05) is 19.5 Å². The molecule has 1 heterocycles. The highest BCUT2D eigenvalue weighted by Gasteiger charge is 2.43. The minimum absolute atomic E-state index is 0.133. The fourth-order valence-electron chi connectivity index (χ4n) is 0.804. The Balaban J connectivity index is 2.45. The van der Waals surface area contributed by atoms with Gasteiger partial charge in [-0.2, -0.15) is 13.2 Å². The molecule has 1 aliphatic rings. The van der Waals surface area contributed by atoms with E-state index in [1.165, 1.54) is 0 Å². The van der Waals surface area contributed by atoms with Crippen molar-refractivity contribution in [1.82, 2.24) is 4.90 Å². The van der Waals surface area contributed by atoms with Gasteiger partial charge < -0.3 is 0 Å². The Morgan fingerprint density at radius 2 is 2.10 bits per heavy atom. The highest BCUT2D eigenvalue weighted by atomic mass is 32.2. The summed E-state index contributed by atoms with van der Waals surface area (Å²) in [6.45, 7) is 0.133. The quantitative estimate of drug-likeness (QED) is 0.544. The molecule has 0 amide bonds. The molecule has 0 aromatic heterocycles. The van der Waals surface area contributed by atoms with Crippen LogP contribution in [0, 0.1) is 0 Å². The molecular weight excluding hydrogens is 163 g/mol. The van der Waals surface area contributed by atoms with Crippen LogP contribution in [0.4, 0.5) is 13.2 Å². The largest absolute Gasteiger partial charge is 0.401 e. The van der Waals surface area contributed by atoms with Gasteiger partial charge in [0.05, 0.1) is 0 Å². The van der Waals surface area contributed by atoms with Crippen molar-refractivity contribution in [3.63, 3.8) is 0 Å². The average Bonchev–Trinajstić information content (AvgIpc) is 2.11. The summed E-state index contributed by atoms with van der Waals surface area (Å²) in [4.78, 5) is 1.67. The lowest BCUT2D eigenvalue weighted by molar-refractivity contribution is -0.129. The number of rotatable bonds is 0. The number of alkyl halides is 3. The Morgan fingerprint density at radius 3 is 2.30 bits per heavy atom. The summed E-state index contributed by atoms with van der Waals surface area (Å²) in [7, 11) is 1.69. The maximum atomic E-state index is 11.9. The van der Waals surface area contributed by atoms with Gasteiger partial charge >= 0.3 is 6.18 Å². The summed E-state index contributed by atoms with van der Waals surface area (Å²) in [6, 6.07) is 0. The monoisotopic (exact) mass is 171 g/mol. The molecule has 1 rings (SSSR count). The van der Waals surface area contributed by atoms with E-state index < -0.39 is 11.4 Å². The molecule has 1 aliphatic heterocycles. The molecule has 1 saturated heterocycles. The molecule has 10 heavy (non-hydrogen) atoms. The van der Waals surface area contributed by atoms with Crippen molar-refractivity contribution in [1.29, 1.82) is 0 Å². The van der Waals surface area contributed by atoms with Crippen LogP contribution in [0.25, 0.3) is 0 Å². The lowest BCUT2D eigenvalue weighted by Crippen LogP contribution is -2.29. The number of thioether (sulfide) groups is 1. The molecule has 1 fully saturated rings. The van der Waals surface area contributed by atoms with E-state index in [0.717, 1.165) is 11.8 Å². The van der Waals surface area contributed by atoms with Crippen LogP contribution < -0.4 is 0 Å². The number of hydrogen-bond donors (Lipinski definition) is 0. The molecule has 0 spiro atoms. The van der Waals surface area contributed by atoms with E-state index >= 15 is 0 Å². The third kappa shape index (κ3) is 1.79. The van der Waals surface area contributed by atoms with Crippen LogP contribution in [0.15, 0.2) is 0 Å². The van der Waals surface area contributed by atoms with Gasteiger partial charge in [-0.15, -0.1) is 11.8 Å². The Hall–Kier alpha value is 0.100. The van der Waals surface area contributed by atoms with Crippen molar-refractivity contribution in [3.05, 3.63) is 0 Å². The van der Waals surface area contributed by atoms with Crippen LogP contribution in [-0.4, -0.2) is 35.8 Å². The lowest BCUT2D eigenvalue weighted by Gasteiger charge is -2.12. The van der Waals surface area contributed by atoms with E-state index in [1.54, 1.807) is 11.9 Å². The van der Waals surface area contributed by atoms with Gasteiger partial charge in [0.1, 0.15) is 5.25 Å². The van der Waals surface area contributed by atoms with E-state index in [-0.39, 0.29) is 6.54 Å². The second kappa shape index (κ2) is 2.62. The normalized spacial score (nSPS) is 29.4. The van der Waals surface area contributed by atoms with Gasteiger partial charge in [0.15, 0.2) is 0 Å². The van der Waals surface area contributed by atoms with Crippen LogP contribution in [0.5, 0.6) is 0 Å². The first-order chi connectivity index (χ1) is 4.50. The molecule has 0 radical (unpaired) electrons. The van der Waals surface area contributed by atoms with Crippen molar-refractivity contribution in [2.24, 2.45) is 0 Å². The third-order valence-electron chi connectivity index (χ3n) is 1.34. The predicted molar refractivity (Wildman–Crippen MR) is 34.9 cm³/mol. The van der Waals surface area contributed by atoms with Gasteiger partial charge in [-0.1, -0.05) is 0 Å². The van der Waals surface area contributed by atoms with Crippen molar-refractivity contribution in [3.8, 4) is 0 Å². The summed E-state index contributed by atoms with van der Waals surface area (Å²) < 4.78 is 35.7. The maximum absolute atomic E-state index is 11.9.